The van der Waals surface area contributed by atoms with Gasteiger partial charge in [-0.15, -0.1) is 0 Å². The van der Waals surface area contributed by atoms with Gasteiger partial charge in [-0.1, -0.05) is 17.7 Å². The minimum atomic E-state index is -0.416. The largest absolute Gasteiger partial charge is 0.387 e. The molecule has 17 heavy (non-hydrogen) atoms. The third-order valence-electron chi connectivity index (χ3n) is 3.59. The van der Waals surface area contributed by atoms with Crippen LogP contribution in [0.4, 0.5) is 0 Å². The van der Waals surface area contributed by atoms with E-state index in [0.717, 1.165) is 40.9 Å². The molecule has 1 heterocycles. The maximum absolute atomic E-state index is 10.0. The smallest absolute Gasteiger partial charge is 0.0963 e. The highest BCUT2D eigenvalue weighted by Gasteiger charge is 2.23. The molecule has 1 aromatic carbocycles. The zero-order valence-corrected chi connectivity index (χ0v) is 10.5. The minimum absolute atomic E-state index is 0.416. The fourth-order valence-electron chi connectivity index (χ4n) is 2.72. The van der Waals surface area contributed by atoms with Crippen LogP contribution in [-0.4, -0.2) is 10.1 Å². The molecule has 2 aromatic rings. The molecule has 1 N–H and O–H groups in total. The van der Waals surface area contributed by atoms with Gasteiger partial charge < -0.3 is 5.11 Å². The number of rotatable bonds is 0. The number of hydrogen-bond acceptors (Lipinski definition) is 2. The molecule has 3 rings (SSSR count). The standard InChI is InChI=1S/C14H14ClNO/c1-8-9-4-2-7-12(17)14(9)16-11-6-3-5-10(15)13(8)11/h3,5-6,12,17H,2,4,7H2,1H3. The summed E-state index contributed by atoms with van der Waals surface area (Å²) in [5, 5.41) is 11.8. The molecule has 0 amide bonds. The van der Waals surface area contributed by atoms with E-state index >= 15 is 0 Å². The highest BCUT2D eigenvalue weighted by atomic mass is 35.5. The van der Waals surface area contributed by atoms with Crippen LogP contribution in [0.25, 0.3) is 10.9 Å². The Kier molecular flexibility index (Phi) is 2.57. The van der Waals surface area contributed by atoms with Gasteiger partial charge in [0.2, 0.25) is 0 Å². The number of nitrogens with zero attached hydrogens (tertiary/aromatic N) is 1. The van der Waals surface area contributed by atoms with Crippen LogP contribution in [-0.2, 0) is 6.42 Å². The molecule has 1 aromatic heterocycles. The second-order valence-corrected chi connectivity index (χ2v) is 5.05. The molecule has 0 spiro atoms. The number of pyridine rings is 1. The Morgan fingerprint density at radius 2 is 2.24 bits per heavy atom. The third-order valence-corrected chi connectivity index (χ3v) is 3.90. The van der Waals surface area contributed by atoms with E-state index in [0.29, 0.717) is 0 Å². The molecule has 1 aliphatic carbocycles. The van der Waals surface area contributed by atoms with E-state index in [9.17, 15) is 5.11 Å². The first-order chi connectivity index (χ1) is 8.18. The normalized spacial score (nSPS) is 19.4. The summed E-state index contributed by atoms with van der Waals surface area (Å²) < 4.78 is 0. The summed E-state index contributed by atoms with van der Waals surface area (Å²) in [6.45, 7) is 2.08. The number of hydrogen-bond donors (Lipinski definition) is 1. The Balaban J connectivity index is 2.39. The minimum Gasteiger partial charge on any atom is -0.387 e. The zero-order chi connectivity index (χ0) is 12.0. The molecule has 0 radical (unpaired) electrons. The van der Waals surface area contributed by atoms with E-state index in [2.05, 4.69) is 11.9 Å². The summed E-state index contributed by atoms with van der Waals surface area (Å²) in [4.78, 5) is 4.58. The Morgan fingerprint density at radius 3 is 3.06 bits per heavy atom. The third kappa shape index (κ3) is 1.63. The summed E-state index contributed by atoms with van der Waals surface area (Å²) in [5.41, 5.74) is 4.09. The van der Waals surface area contributed by atoms with Crippen LogP contribution in [0.2, 0.25) is 5.02 Å². The number of fused-ring (bicyclic) bond motifs is 2. The zero-order valence-electron chi connectivity index (χ0n) is 9.70. The molecular weight excluding hydrogens is 234 g/mol. The summed E-state index contributed by atoms with van der Waals surface area (Å²) in [6, 6.07) is 5.75. The van der Waals surface area contributed by atoms with Crippen molar-refractivity contribution in [3.63, 3.8) is 0 Å². The van der Waals surface area contributed by atoms with Gasteiger partial charge in [0.1, 0.15) is 0 Å². The molecule has 0 saturated carbocycles. The fraction of sp³-hybridized carbons (Fsp3) is 0.357. The summed E-state index contributed by atoms with van der Waals surface area (Å²) in [7, 11) is 0. The number of aromatic nitrogens is 1. The molecule has 0 fully saturated rings. The van der Waals surface area contributed by atoms with Gasteiger partial charge in [-0.05, 0) is 49.4 Å². The van der Waals surface area contributed by atoms with E-state index < -0.39 is 6.10 Å². The number of aliphatic hydroxyl groups excluding tert-OH is 1. The van der Waals surface area contributed by atoms with E-state index in [4.69, 9.17) is 11.6 Å². The maximum Gasteiger partial charge on any atom is 0.0963 e. The van der Waals surface area contributed by atoms with Gasteiger partial charge in [-0.3, -0.25) is 0 Å². The fourth-order valence-corrected chi connectivity index (χ4v) is 3.03. The van der Waals surface area contributed by atoms with Crippen molar-refractivity contribution in [3.8, 4) is 0 Å². The van der Waals surface area contributed by atoms with E-state index in [-0.39, 0.29) is 0 Å². The van der Waals surface area contributed by atoms with Crippen LogP contribution < -0.4 is 0 Å². The van der Waals surface area contributed by atoms with Gasteiger partial charge in [0.25, 0.3) is 0 Å². The van der Waals surface area contributed by atoms with E-state index in [1.807, 2.05) is 18.2 Å². The number of halogens is 1. The molecule has 2 nitrogen and oxygen atoms in total. The van der Waals surface area contributed by atoms with Gasteiger partial charge >= 0.3 is 0 Å². The van der Waals surface area contributed by atoms with Crippen molar-refractivity contribution in [2.75, 3.05) is 0 Å². The first kappa shape index (κ1) is 11.0. The van der Waals surface area contributed by atoms with Crippen molar-refractivity contribution in [3.05, 3.63) is 40.0 Å². The average Bonchev–Trinajstić information content (AvgIpc) is 2.31. The summed E-state index contributed by atoms with van der Waals surface area (Å²) >= 11 is 6.24. The Bertz CT molecular complexity index is 594. The van der Waals surface area contributed by atoms with Crippen molar-refractivity contribution >= 4 is 22.5 Å². The van der Waals surface area contributed by atoms with Crippen molar-refractivity contribution in [1.82, 2.24) is 4.98 Å². The predicted molar refractivity (Wildman–Crippen MR) is 69.4 cm³/mol. The average molecular weight is 248 g/mol. The molecule has 1 unspecified atom stereocenters. The van der Waals surface area contributed by atoms with Crippen molar-refractivity contribution < 1.29 is 5.11 Å². The van der Waals surface area contributed by atoms with Gasteiger partial charge in [-0.2, -0.15) is 0 Å². The summed E-state index contributed by atoms with van der Waals surface area (Å²) in [5.74, 6) is 0. The van der Waals surface area contributed by atoms with Crippen molar-refractivity contribution in [2.24, 2.45) is 0 Å². The van der Waals surface area contributed by atoms with Crippen LogP contribution in [0.3, 0.4) is 0 Å². The second-order valence-electron chi connectivity index (χ2n) is 4.64. The Labute approximate surface area is 105 Å². The lowest BCUT2D eigenvalue weighted by Gasteiger charge is -2.23. The monoisotopic (exact) mass is 247 g/mol. The van der Waals surface area contributed by atoms with Gasteiger partial charge in [0.15, 0.2) is 0 Å². The molecule has 1 aliphatic rings. The van der Waals surface area contributed by atoms with Crippen LogP contribution in [0, 0.1) is 6.92 Å². The summed E-state index contributed by atoms with van der Waals surface area (Å²) in [6.07, 6.45) is 2.41. The molecule has 3 heteroatoms. The van der Waals surface area contributed by atoms with Gasteiger partial charge in [-0.25, -0.2) is 4.98 Å². The lowest BCUT2D eigenvalue weighted by atomic mass is 9.89. The first-order valence-corrected chi connectivity index (χ1v) is 6.32. The van der Waals surface area contributed by atoms with Crippen molar-refractivity contribution in [1.29, 1.82) is 0 Å². The second kappa shape index (κ2) is 3.97. The van der Waals surface area contributed by atoms with E-state index in [1.54, 1.807) is 0 Å². The highest BCUT2D eigenvalue weighted by Crippen LogP contribution is 2.35. The number of aryl methyl sites for hydroxylation is 1. The van der Waals surface area contributed by atoms with Crippen LogP contribution in [0.15, 0.2) is 18.2 Å². The SMILES string of the molecule is Cc1c2c(nc3cccc(Cl)c13)C(O)CCC2. The number of benzene rings is 1. The Hall–Kier alpha value is -1.12. The topological polar surface area (TPSA) is 33.1 Å². The van der Waals surface area contributed by atoms with Gasteiger partial charge in [0.05, 0.1) is 22.3 Å². The first-order valence-electron chi connectivity index (χ1n) is 5.94. The van der Waals surface area contributed by atoms with Crippen LogP contribution >= 0.6 is 11.6 Å². The molecule has 0 aliphatic heterocycles. The quantitative estimate of drug-likeness (QED) is 0.772. The molecule has 1 atom stereocenters. The van der Waals surface area contributed by atoms with Crippen LogP contribution in [0.5, 0.6) is 0 Å². The Morgan fingerprint density at radius 1 is 1.41 bits per heavy atom. The number of aliphatic hydroxyl groups is 1. The molecule has 88 valence electrons. The lowest BCUT2D eigenvalue weighted by Crippen LogP contribution is -2.13. The maximum atomic E-state index is 10.0. The van der Waals surface area contributed by atoms with Crippen LogP contribution in [0.1, 0.15) is 35.8 Å². The predicted octanol–water partition coefficient (Wildman–Crippen LogP) is 3.57. The molecule has 0 bridgehead atoms. The van der Waals surface area contributed by atoms with Gasteiger partial charge in [0, 0.05) is 5.39 Å². The molecular formula is C14H14ClNO. The lowest BCUT2D eigenvalue weighted by molar-refractivity contribution is 0.152. The van der Waals surface area contributed by atoms with Crippen molar-refractivity contribution in [2.45, 2.75) is 32.3 Å². The molecule has 0 saturated heterocycles. The van der Waals surface area contributed by atoms with E-state index in [1.165, 1.54) is 11.1 Å². The highest BCUT2D eigenvalue weighted by molar-refractivity contribution is 6.35.